The molecule has 0 aromatic heterocycles. The highest BCUT2D eigenvalue weighted by atomic mass is 16.5. The smallest absolute Gasteiger partial charge is 0.113 e. The minimum atomic E-state index is -0.655. The Morgan fingerprint density at radius 1 is 1.05 bits per heavy atom. The second kappa shape index (κ2) is 6.69. The van der Waals surface area contributed by atoms with Gasteiger partial charge in [-0.2, -0.15) is 0 Å². The molecule has 1 N–H and O–H groups in total. The Bertz CT molecular complexity index is 549. The predicted octanol–water partition coefficient (Wildman–Crippen LogP) is 4.11. The van der Waals surface area contributed by atoms with Crippen LogP contribution in [0.5, 0.6) is 0 Å². The number of aryl methyl sites for hydroxylation is 2. The Morgan fingerprint density at radius 2 is 1.75 bits per heavy atom. The van der Waals surface area contributed by atoms with Gasteiger partial charge in [0.15, 0.2) is 0 Å². The summed E-state index contributed by atoms with van der Waals surface area (Å²) in [6.45, 7) is 6.58. The fraction of sp³-hybridized carbons (Fsp3) is 0.333. The van der Waals surface area contributed by atoms with E-state index in [0.717, 1.165) is 22.3 Å². The highest BCUT2D eigenvalue weighted by Crippen LogP contribution is 2.33. The van der Waals surface area contributed by atoms with Crippen LogP contribution in [0.3, 0.4) is 0 Å². The zero-order chi connectivity index (χ0) is 14.5. The van der Waals surface area contributed by atoms with E-state index in [9.17, 15) is 5.11 Å². The fourth-order valence-electron chi connectivity index (χ4n) is 2.43. The van der Waals surface area contributed by atoms with Gasteiger partial charge in [0.05, 0.1) is 0 Å². The van der Waals surface area contributed by atoms with Gasteiger partial charge in [-0.15, -0.1) is 0 Å². The normalized spacial score (nSPS) is 14.0. The van der Waals surface area contributed by atoms with Gasteiger partial charge in [0, 0.05) is 6.61 Å². The summed E-state index contributed by atoms with van der Waals surface area (Å²) < 4.78 is 5.79. The van der Waals surface area contributed by atoms with Gasteiger partial charge in [-0.25, -0.2) is 0 Å². The molecule has 0 aliphatic carbocycles. The molecule has 106 valence electrons. The summed E-state index contributed by atoms with van der Waals surface area (Å²) in [5.74, 6) is 0. The summed E-state index contributed by atoms with van der Waals surface area (Å²) in [5, 5.41) is 10.7. The first kappa shape index (κ1) is 14.8. The van der Waals surface area contributed by atoms with E-state index in [1.807, 2.05) is 63.2 Å². The summed E-state index contributed by atoms with van der Waals surface area (Å²) in [6.07, 6.45) is -0.987. The van der Waals surface area contributed by atoms with Crippen molar-refractivity contribution in [3.8, 4) is 0 Å². The lowest BCUT2D eigenvalue weighted by atomic mass is 9.94. The number of aliphatic hydroxyl groups is 1. The number of rotatable bonds is 5. The molecule has 0 fully saturated rings. The van der Waals surface area contributed by atoms with Crippen molar-refractivity contribution >= 4 is 0 Å². The van der Waals surface area contributed by atoms with E-state index < -0.39 is 6.10 Å². The van der Waals surface area contributed by atoms with Gasteiger partial charge in [-0.1, -0.05) is 54.1 Å². The molecule has 0 aliphatic heterocycles. The molecule has 0 saturated heterocycles. The molecule has 2 unspecified atom stereocenters. The Kier molecular flexibility index (Phi) is 4.94. The molecule has 20 heavy (non-hydrogen) atoms. The van der Waals surface area contributed by atoms with Crippen LogP contribution in [0.15, 0.2) is 48.5 Å². The van der Waals surface area contributed by atoms with Crippen LogP contribution < -0.4 is 0 Å². The molecule has 2 atom stereocenters. The summed E-state index contributed by atoms with van der Waals surface area (Å²) in [5.41, 5.74) is 4.17. The molecule has 0 saturated carbocycles. The Morgan fingerprint density at radius 3 is 2.40 bits per heavy atom. The Labute approximate surface area is 121 Å². The van der Waals surface area contributed by atoms with Crippen molar-refractivity contribution in [2.75, 3.05) is 6.61 Å². The maximum Gasteiger partial charge on any atom is 0.113 e. The van der Waals surface area contributed by atoms with Crippen molar-refractivity contribution in [3.63, 3.8) is 0 Å². The van der Waals surface area contributed by atoms with E-state index >= 15 is 0 Å². The van der Waals surface area contributed by atoms with E-state index in [-0.39, 0.29) is 6.10 Å². The SMILES string of the molecule is CCOC(c1ccccc1)C(O)c1cc(C)ccc1C. The van der Waals surface area contributed by atoms with Crippen LogP contribution in [0.25, 0.3) is 0 Å². The van der Waals surface area contributed by atoms with Crippen molar-refractivity contribution in [2.45, 2.75) is 33.0 Å². The van der Waals surface area contributed by atoms with E-state index in [2.05, 4.69) is 6.07 Å². The van der Waals surface area contributed by atoms with Crippen LogP contribution in [0.4, 0.5) is 0 Å². The largest absolute Gasteiger partial charge is 0.385 e. The maximum atomic E-state index is 10.7. The van der Waals surface area contributed by atoms with Crippen LogP contribution in [-0.2, 0) is 4.74 Å². The van der Waals surface area contributed by atoms with Gasteiger partial charge >= 0.3 is 0 Å². The number of hydrogen-bond donors (Lipinski definition) is 1. The molecule has 2 aromatic carbocycles. The van der Waals surface area contributed by atoms with E-state index in [0.29, 0.717) is 6.61 Å². The standard InChI is InChI=1S/C18H22O2/c1-4-20-18(15-8-6-5-7-9-15)17(19)16-12-13(2)10-11-14(16)3/h5-12,17-19H,4H2,1-3H3. The van der Waals surface area contributed by atoms with Crippen LogP contribution in [0, 0.1) is 13.8 Å². The monoisotopic (exact) mass is 270 g/mol. The summed E-state index contributed by atoms with van der Waals surface area (Å²) >= 11 is 0. The third-order valence-electron chi connectivity index (χ3n) is 3.51. The molecule has 2 aromatic rings. The van der Waals surface area contributed by atoms with Crippen molar-refractivity contribution in [1.82, 2.24) is 0 Å². The molecular formula is C18H22O2. The Hall–Kier alpha value is -1.64. The van der Waals surface area contributed by atoms with E-state index in [1.54, 1.807) is 0 Å². The van der Waals surface area contributed by atoms with Gasteiger partial charge in [-0.3, -0.25) is 0 Å². The third kappa shape index (κ3) is 3.27. The quantitative estimate of drug-likeness (QED) is 0.885. The molecule has 0 bridgehead atoms. The van der Waals surface area contributed by atoms with Gasteiger partial charge in [0.25, 0.3) is 0 Å². The van der Waals surface area contributed by atoms with Gasteiger partial charge in [0.1, 0.15) is 12.2 Å². The number of ether oxygens (including phenoxy) is 1. The molecule has 0 amide bonds. The summed E-state index contributed by atoms with van der Waals surface area (Å²) in [6, 6.07) is 16.0. The number of hydrogen-bond acceptors (Lipinski definition) is 2. The van der Waals surface area contributed by atoms with Crippen molar-refractivity contribution in [3.05, 3.63) is 70.8 Å². The second-order valence-electron chi connectivity index (χ2n) is 5.09. The first-order valence-corrected chi connectivity index (χ1v) is 7.05. The van der Waals surface area contributed by atoms with Crippen LogP contribution in [-0.4, -0.2) is 11.7 Å². The minimum absolute atomic E-state index is 0.332. The van der Waals surface area contributed by atoms with Crippen LogP contribution >= 0.6 is 0 Å². The lowest BCUT2D eigenvalue weighted by molar-refractivity contribution is -0.0364. The Balaban J connectivity index is 2.36. The van der Waals surface area contributed by atoms with Gasteiger partial charge < -0.3 is 9.84 Å². The highest BCUT2D eigenvalue weighted by Gasteiger charge is 2.24. The molecule has 0 aliphatic rings. The minimum Gasteiger partial charge on any atom is -0.385 e. The molecule has 2 nitrogen and oxygen atoms in total. The first-order valence-electron chi connectivity index (χ1n) is 7.05. The van der Waals surface area contributed by atoms with Crippen molar-refractivity contribution < 1.29 is 9.84 Å². The molecule has 2 rings (SSSR count). The van der Waals surface area contributed by atoms with E-state index in [4.69, 9.17) is 4.74 Å². The lowest BCUT2D eigenvalue weighted by Crippen LogP contribution is -2.15. The topological polar surface area (TPSA) is 29.5 Å². The molecular weight excluding hydrogens is 248 g/mol. The molecule has 0 radical (unpaired) electrons. The highest BCUT2D eigenvalue weighted by molar-refractivity contribution is 5.34. The van der Waals surface area contributed by atoms with E-state index in [1.165, 1.54) is 0 Å². The molecule has 0 spiro atoms. The summed E-state index contributed by atoms with van der Waals surface area (Å²) in [4.78, 5) is 0. The zero-order valence-electron chi connectivity index (χ0n) is 12.3. The lowest BCUT2D eigenvalue weighted by Gasteiger charge is -2.25. The average Bonchev–Trinajstić information content (AvgIpc) is 2.47. The second-order valence-corrected chi connectivity index (χ2v) is 5.09. The number of aliphatic hydroxyl groups excluding tert-OH is 1. The van der Waals surface area contributed by atoms with Gasteiger partial charge in [-0.05, 0) is 37.5 Å². The third-order valence-corrected chi connectivity index (χ3v) is 3.51. The average molecular weight is 270 g/mol. The molecule has 2 heteroatoms. The molecule has 0 heterocycles. The van der Waals surface area contributed by atoms with Crippen molar-refractivity contribution in [1.29, 1.82) is 0 Å². The predicted molar refractivity (Wildman–Crippen MR) is 81.7 cm³/mol. The summed E-state index contributed by atoms with van der Waals surface area (Å²) in [7, 11) is 0. The maximum absolute atomic E-state index is 10.7. The van der Waals surface area contributed by atoms with Crippen molar-refractivity contribution in [2.24, 2.45) is 0 Å². The van der Waals surface area contributed by atoms with Gasteiger partial charge in [0.2, 0.25) is 0 Å². The first-order chi connectivity index (χ1) is 9.63. The van der Waals surface area contributed by atoms with Crippen LogP contribution in [0.2, 0.25) is 0 Å². The fourth-order valence-corrected chi connectivity index (χ4v) is 2.43. The zero-order valence-corrected chi connectivity index (χ0v) is 12.3. The number of benzene rings is 2. The van der Waals surface area contributed by atoms with Crippen LogP contribution in [0.1, 0.15) is 41.4 Å².